The molecule has 0 aliphatic rings. The van der Waals surface area contributed by atoms with E-state index in [1.54, 1.807) is 16.8 Å². The Morgan fingerprint density at radius 3 is 2.44 bits per heavy atom. The summed E-state index contributed by atoms with van der Waals surface area (Å²) < 4.78 is 3.51. The highest BCUT2D eigenvalue weighted by Gasteiger charge is 2.14. The van der Waals surface area contributed by atoms with E-state index in [2.05, 4.69) is 6.92 Å². The number of benzene rings is 1. The van der Waals surface area contributed by atoms with Crippen molar-refractivity contribution in [2.45, 2.75) is 26.8 Å². The fourth-order valence-electron chi connectivity index (χ4n) is 1.99. The molecule has 2 rings (SSSR count). The molecule has 1 heterocycles. The van der Waals surface area contributed by atoms with Gasteiger partial charge in [-0.15, -0.1) is 0 Å². The molecule has 0 amide bonds. The third kappa shape index (κ3) is 2.04. The lowest BCUT2D eigenvalue weighted by Gasteiger charge is -2.12. The number of hydrogen-bond acceptors (Lipinski definition) is 2. The van der Waals surface area contributed by atoms with Crippen LogP contribution < -0.4 is 11.3 Å². The largest absolute Gasteiger partial charge is 0.393 e. The first kappa shape index (κ1) is 12.8. The first-order valence-electron chi connectivity index (χ1n) is 5.90. The Labute approximate surface area is 111 Å². The van der Waals surface area contributed by atoms with Crippen LogP contribution in [-0.4, -0.2) is 9.36 Å². The van der Waals surface area contributed by atoms with Crippen LogP contribution in [-0.2, 0) is 6.54 Å². The highest BCUT2D eigenvalue weighted by molar-refractivity contribution is 6.30. The van der Waals surface area contributed by atoms with Crippen LogP contribution >= 0.6 is 11.6 Å². The van der Waals surface area contributed by atoms with Gasteiger partial charge in [0.15, 0.2) is 0 Å². The van der Waals surface area contributed by atoms with Crippen molar-refractivity contribution in [3.8, 4) is 5.69 Å². The first-order chi connectivity index (χ1) is 8.56. The number of rotatable bonds is 3. The number of hydrogen-bond donors (Lipinski definition) is 1. The Hall–Kier alpha value is -1.68. The fraction of sp³-hybridized carbons (Fsp3) is 0.308. The zero-order valence-electron chi connectivity index (χ0n) is 10.5. The first-order valence-corrected chi connectivity index (χ1v) is 6.28. The van der Waals surface area contributed by atoms with Crippen molar-refractivity contribution in [1.29, 1.82) is 0 Å². The molecule has 0 atom stereocenters. The van der Waals surface area contributed by atoms with Crippen molar-refractivity contribution in [2.75, 3.05) is 5.73 Å². The van der Waals surface area contributed by atoms with Crippen molar-refractivity contribution in [1.82, 2.24) is 9.36 Å². The van der Waals surface area contributed by atoms with Gasteiger partial charge in [-0.25, -0.2) is 4.68 Å². The van der Waals surface area contributed by atoms with Crippen LogP contribution in [0.1, 0.15) is 19.0 Å². The topological polar surface area (TPSA) is 52.9 Å². The minimum absolute atomic E-state index is 0.178. The molecule has 0 unspecified atom stereocenters. The molecule has 2 aromatic rings. The van der Waals surface area contributed by atoms with E-state index in [1.807, 2.05) is 23.7 Å². The normalized spacial score (nSPS) is 10.8. The number of halogens is 1. The van der Waals surface area contributed by atoms with Crippen molar-refractivity contribution in [2.24, 2.45) is 0 Å². The van der Waals surface area contributed by atoms with Gasteiger partial charge in [-0.1, -0.05) is 18.5 Å². The van der Waals surface area contributed by atoms with Crippen LogP contribution in [0, 0.1) is 6.92 Å². The molecule has 0 saturated heterocycles. The van der Waals surface area contributed by atoms with Gasteiger partial charge in [0.25, 0.3) is 5.56 Å². The lowest BCUT2D eigenvalue weighted by atomic mass is 10.3. The lowest BCUT2D eigenvalue weighted by molar-refractivity contribution is 0.523. The molecule has 1 aromatic carbocycles. The van der Waals surface area contributed by atoms with E-state index in [9.17, 15) is 4.79 Å². The Kier molecular flexibility index (Phi) is 3.48. The van der Waals surface area contributed by atoms with E-state index in [1.165, 1.54) is 0 Å². The van der Waals surface area contributed by atoms with Gasteiger partial charge in [-0.05, 0) is 37.6 Å². The molecule has 0 bridgehead atoms. The Morgan fingerprint density at radius 1 is 1.28 bits per heavy atom. The maximum absolute atomic E-state index is 12.2. The molecule has 0 spiro atoms. The standard InChI is InChI=1S/C13H16ClN3O/c1-3-8-16-9(2)12(15)13(18)17(16)11-6-4-10(14)5-7-11/h4-7H,3,8,15H2,1-2H3. The van der Waals surface area contributed by atoms with E-state index >= 15 is 0 Å². The van der Waals surface area contributed by atoms with E-state index in [-0.39, 0.29) is 5.56 Å². The summed E-state index contributed by atoms with van der Waals surface area (Å²) in [6, 6.07) is 7.15. The van der Waals surface area contributed by atoms with Crippen LogP contribution in [0.15, 0.2) is 29.1 Å². The van der Waals surface area contributed by atoms with Gasteiger partial charge in [-0.3, -0.25) is 9.48 Å². The molecule has 5 heteroatoms. The smallest absolute Gasteiger partial charge is 0.294 e. The lowest BCUT2D eigenvalue weighted by Crippen LogP contribution is -2.22. The third-order valence-electron chi connectivity index (χ3n) is 2.95. The molecule has 0 fully saturated rings. The molecule has 18 heavy (non-hydrogen) atoms. The summed E-state index contributed by atoms with van der Waals surface area (Å²) in [5, 5.41) is 0.644. The van der Waals surface area contributed by atoms with Crippen LogP contribution in [0.2, 0.25) is 5.02 Å². The van der Waals surface area contributed by atoms with Gasteiger partial charge in [0.2, 0.25) is 0 Å². The second-order valence-corrected chi connectivity index (χ2v) is 4.65. The van der Waals surface area contributed by atoms with Crippen LogP contribution in [0.4, 0.5) is 5.69 Å². The number of nitrogens with two attached hydrogens (primary N) is 1. The summed E-state index contributed by atoms with van der Waals surface area (Å²) in [6.45, 7) is 4.67. The molecule has 1 aromatic heterocycles. The summed E-state index contributed by atoms with van der Waals surface area (Å²) in [5.41, 5.74) is 7.53. The van der Waals surface area contributed by atoms with E-state index in [0.717, 1.165) is 24.3 Å². The molecule has 96 valence electrons. The van der Waals surface area contributed by atoms with E-state index in [0.29, 0.717) is 10.7 Å². The predicted molar refractivity (Wildman–Crippen MR) is 74.5 cm³/mol. The van der Waals surface area contributed by atoms with Gasteiger partial charge >= 0.3 is 0 Å². The minimum atomic E-state index is -0.178. The summed E-state index contributed by atoms with van der Waals surface area (Å²) in [6.07, 6.45) is 0.933. The number of aromatic nitrogens is 2. The molecular formula is C13H16ClN3O. The van der Waals surface area contributed by atoms with Crippen LogP contribution in [0.25, 0.3) is 5.69 Å². The molecule has 0 aliphatic carbocycles. The molecule has 0 radical (unpaired) electrons. The zero-order chi connectivity index (χ0) is 13.3. The Balaban J connectivity index is 2.66. The molecule has 4 nitrogen and oxygen atoms in total. The van der Waals surface area contributed by atoms with E-state index in [4.69, 9.17) is 17.3 Å². The Bertz CT molecular complexity index is 610. The molecule has 2 N–H and O–H groups in total. The zero-order valence-corrected chi connectivity index (χ0v) is 11.2. The second kappa shape index (κ2) is 4.90. The number of anilines is 1. The maximum Gasteiger partial charge on any atom is 0.294 e. The minimum Gasteiger partial charge on any atom is -0.393 e. The van der Waals surface area contributed by atoms with Crippen molar-refractivity contribution in [3.63, 3.8) is 0 Å². The maximum atomic E-state index is 12.2. The summed E-state index contributed by atoms with van der Waals surface area (Å²) in [4.78, 5) is 12.2. The number of nitrogens with zero attached hydrogens (tertiary/aromatic N) is 2. The molecule has 0 aliphatic heterocycles. The van der Waals surface area contributed by atoms with Gasteiger partial charge in [0.1, 0.15) is 5.69 Å². The highest BCUT2D eigenvalue weighted by atomic mass is 35.5. The van der Waals surface area contributed by atoms with E-state index < -0.39 is 0 Å². The van der Waals surface area contributed by atoms with Crippen LogP contribution in [0.3, 0.4) is 0 Å². The third-order valence-corrected chi connectivity index (χ3v) is 3.20. The highest BCUT2D eigenvalue weighted by Crippen LogP contribution is 2.16. The average molecular weight is 266 g/mol. The second-order valence-electron chi connectivity index (χ2n) is 4.22. The predicted octanol–water partition coefficient (Wildman–Crippen LogP) is 2.59. The van der Waals surface area contributed by atoms with Crippen molar-refractivity contribution in [3.05, 3.63) is 45.3 Å². The van der Waals surface area contributed by atoms with Crippen molar-refractivity contribution >= 4 is 17.3 Å². The summed E-state index contributed by atoms with van der Waals surface area (Å²) >= 11 is 5.86. The fourth-order valence-corrected chi connectivity index (χ4v) is 2.11. The molecule has 0 saturated carbocycles. The van der Waals surface area contributed by atoms with Gasteiger partial charge in [0.05, 0.1) is 11.4 Å². The molecular weight excluding hydrogens is 250 g/mol. The van der Waals surface area contributed by atoms with Crippen LogP contribution in [0.5, 0.6) is 0 Å². The SMILES string of the molecule is CCCn1c(C)c(N)c(=O)n1-c1ccc(Cl)cc1. The average Bonchev–Trinajstić information content (AvgIpc) is 2.57. The summed E-state index contributed by atoms with van der Waals surface area (Å²) in [7, 11) is 0. The number of nitrogen functional groups attached to an aromatic ring is 1. The van der Waals surface area contributed by atoms with Gasteiger partial charge in [0, 0.05) is 11.6 Å². The van der Waals surface area contributed by atoms with Gasteiger partial charge < -0.3 is 5.73 Å². The quantitative estimate of drug-likeness (QED) is 0.927. The van der Waals surface area contributed by atoms with Gasteiger partial charge in [-0.2, -0.15) is 0 Å². The van der Waals surface area contributed by atoms with Crippen molar-refractivity contribution < 1.29 is 0 Å². The monoisotopic (exact) mass is 265 g/mol. The summed E-state index contributed by atoms with van der Waals surface area (Å²) in [5.74, 6) is 0. The Morgan fingerprint density at radius 2 is 1.89 bits per heavy atom.